The van der Waals surface area contributed by atoms with Crippen LogP contribution in [0.4, 0.5) is 5.69 Å². The molecular formula is C15H22N4O4. The minimum absolute atomic E-state index is 0.0321. The van der Waals surface area contributed by atoms with Gasteiger partial charge in [0.15, 0.2) is 5.69 Å². The summed E-state index contributed by atoms with van der Waals surface area (Å²) < 4.78 is 6.22. The number of likely N-dealkylation sites (tertiary alicyclic amines) is 1. The molecule has 0 saturated carbocycles. The number of rotatable bonds is 3. The fraction of sp³-hybridized carbons (Fsp3) is 0.600. The number of carbonyl (C=O) groups is 3. The molecule has 23 heavy (non-hydrogen) atoms. The van der Waals surface area contributed by atoms with Crippen LogP contribution in [0.5, 0.6) is 0 Å². The van der Waals surface area contributed by atoms with Crippen molar-refractivity contribution in [3.05, 3.63) is 11.4 Å². The van der Waals surface area contributed by atoms with Gasteiger partial charge in [-0.15, -0.1) is 0 Å². The smallest absolute Gasteiger partial charge is 0.360 e. The summed E-state index contributed by atoms with van der Waals surface area (Å²) in [6.07, 6.45) is 1.50. The number of anilines is 1. The lowest BCUT2D eigenvalue weighted by Gasteiger charge is -2.31. The van der Waals surface area contributed by atoms with Crippen LogP contribution >= 0.6 is 0 Å². The van der Waals surface area contributed by atoms with Gasteiger partial charge in [0, 0.05) is 27.1 Å². The van der Waals surface area contributed by atoms with E-state index < -0.39 is 5.97 Å². The summed E-state index contributed by atoms with van der Waals surface area (Å²) in [7, 11) is 2.96. The monoisotopic (exact) mass is 322 g/mol. The van der Waals surface area contributed by atoms with Crippen molar-refractivity contribution in [2.24, 2.45) is 13.0 Å². The number of nitrogens with zero attached hydrogens (tertiary/aromatic N) is 3. The van der Waals surface area contributed by atoms with Gasteiger partial charge in [-0.05, 0) is 19.8 Å². The first kappa shape index (κ1) is 17.0. The lowest BCUT2D eigenvalue weighted by Crippen LogP contribution is -2.42. The standard InChI is InChI=1S/C15H22N4O4/c1-9-12(13(15(22)23-4)17-18(9)3)16-14(21)11-6-5-7-19(8-11)10(2)20/h11H,5-8H2,1-4H3,(H,16,21). The number of amides is 2. The molecule has 0 spiro atoms. The Balaban J connectivity index is 2.17. The van der Waals surface area contributed by atoms with Crippen LogP contribution in [0.2, 0.25) is 0 Å². The van der Waals surface area contributed by atoms with E-state index in [0.717, 1.165) is 6.42 Å². The van der Waals surface area contributed by atoms with Gasteiger partial charge in [0.05, 0.1) is 24.4 Å². The van der Waals surface area contributed by atoms with E-state index in [-0.39, 0.29) is 23.4 Å². The van der Waals surface area contributed by atoms with Crippen LogP contribution in [0.15, 0.2) is 0 Å². The van der Waals surface area contributed by atoms with Crippen LogP contribution in [0.1, 0.15) is 35.9 Å². The molecule has 0 aliphatic carbocycles. The Labute approximate surface area is 134 Å². The number of esters is 1. The summed E-state index contributed by atoms with van der Waals surface area (Å²) >= 11 is 0. The molecule has 1 unspecified atom stereocenters. The molecule has 1 saturated heterocycles. The maximum atomic E-state index is 12.5. The lowest BCUT2D eigenvalue weighted by atomic mass is 9.97. The van der Waals surface area contributed by atoms with Gasteiger partial charge in [-0.1, -0.05) is 0 Å². The van der Waals surface area contributed by atoms with Crippen LogP contribution in [-0.2, 0) is 21.4 Å². The van der Waals surface area contributed by atoms with Crippen molar-refractivity contribution in [3.63, 3.8) is 0 Å². The van der Waals surface area contributed by atoms with Crippen LogP contribution in [0.25, 0.3) is 0 Å². The van der Waals surface area contributed by atoms with E-state index in [1.165, 1.54) is 18.7 Å². The number of aromatic nitrogens is 2. The van der Waals surface area contributed by atoms with Gasteiger partial charge in [-0.2, -0.15) is 5.10 Å². The second kappa shape index (κ2) is 6.80. The van der Waals surface area contributed by atoms with Crippen molar-refractivity contribution in [1.82, 2.24) is 14.7 Å². The minimum atomic E-state index is -0.599. The van der Waals surface area contributed by atoms with Crippen molar-refractivity contribution in [2.75, 3.05) is 25.5 Å². The van der Waals surface area contributed by atoms with Crippen LogP contribution in [0.3, 0.4) is 0 Å². The molecule has 1 N–H and O–H groups in total. The van der Waals surface area contributed by atoms with Crippen molar-refractivity contribution in [3.8, 4) is 0 Å². The van der Waals surface area contributed by atoms with E-state index in [4.69, 9.17) is 4.74 Å². The molecule has 2 heterocycles. The summed E-state index contributed by atoms with van der Waals surface area (Å²) in [4.78, 5) is 37.5. The van der Waals surface area contributed by atoms with Crippen LogP contribution < -0.4 is 5.32 Å². The SMILES string of the molecule is COC(=O)c1nn(C)c(C)c1NC(=O)C1CCCN(C(C)=O)C1. The van der Waals surface area contributed by atoms with Crippen LogP contribution in [-0.4, -0.2) is 52.7 Å². The number of nitrogens with one attached hydrogen (secondary N) is 1. The highest BCUT2D eigenvalue weighted by atomic mass is 16.5. The highest BCUT2D eigenvalue weighted by Gasteiger charge is 2.29. The molecular weight excluding hydrogens is 300 g/mol. The molecule has 0 radical (unpaired) electrons. The Morgan fingerprint density at radius 1 is 1.35 bits per heavy atom. The predicted octanol–water partition coefficient (Wildman–Crippen LogP) is 0.712. The Bertz CT molecular complexity index is 638. The minimum Gasteiger partial charge on any atom is -0.464 e. The summed E-state index contributed by atoms with van der Waals surface area (Å²) in [5.41, 5.74) is 1.11. The fourth-order valence-electron chi connectivity index (χ4n) is 2.70. The van der Waals surface area contributed by atoms with E-state index >= 15 is 0 Å². The topological polar surface area (TPSA) is 93.5 Å². The molecule has 8 heteroatoms. The van der Waals surface area contributed by atoms with Crippen molar-refractivity contribution < 1.29 is 19.1 Å². The largest absolute Gasteiger partial charge is 0.464 e. The van der Waals surface area contributed by atoms with E-state index in [1.54, 1.807) is 18.9 Å². The maximum absolute atomic E-state index is 12.5. The van der Waals surface area contributed by atoms with E-state index in [1.807, 2.05) is 0 Å². The van der Waals surface area contributed by atoms with Gasteiger partial charge >= 0.3 is 5.97 Å². The van der Waals surface area contributed by atoms with Gasteiger partial charge in [0.25, 0.3) is 0 Å². The molecule has 1 fully saturated rings. The summed E-state index contributed by atoms with van der Waals surface area (Å²) in [6.45, 7) is 4.34. The highest BCUT2D eigenvalue weighted by Crippen LogP contribution is 2.23. The number of carbonyl (C=O) groups excluding carboxylic acids is 3. The number of hydrogen-bond donors (Lipinski definition) is 1. The molecule has 8 nitrogen and oxygen atoms in total. The molecule has 1 aromatic heterocycles. The molecule has 2 amide bonds. The third-order valence-electron chi connectivity index (χ3n) is 4.20. The quantitative estimate of drug-likeness (QED) is 0.827. The fourth-order valence-corrected chi connectivity index (χ4v) is 2.70. The highest BCUT2D eigenvalue weighted by molar-refractivity contribution is 6.01. The van der Waals surface area contributed by atoms with E-state index in [2.05, 4.69) is 10.4 Å². The third kappa shape index (κ3) is 3.52. The zero-order valence-corrected chi connectivity index (χ0v) is 13.9. The molecule has 0 aromatic carbocycles. The number of piperidine rings is 1. The van der Waals surface area contributed by atoms with Gasteiger partial charge in [0.2, 0.25) is 11.8 Å². The second-order valence-electron chi connectivity index (χ2n) is 5.72. The average Bonchev–Trinajstić information content (AvgIpc) is 2.82. The number of aryl methyl sites for hydroxylation is 1. The van der Waals surface area contributed by atoms with E-state index in [0.29, 0.717) is 30.9 Å². The first-order valence-corrected chi connectivity index (χ1v) is 7.53. The molecule has 0 bridgehead atoms. The van der Waals surface area contributed by atoms with Gasteiger partial charge in [-0.3, -0.25) is 14.3 Å². The summed E-state index contributed by atoms with van der Waals surface area (Å²) in [5, 5.41) is 6.87. The molecule has 1 aromatic rings. The zero-order chi connectivity index (χ0) is 17.1. The van der Waals surface area contributed by atoms with Crippen LogP contribution in [0, 0.1) is 12.8 Å². The van der Waals surface area contributed by atoms with Crippen molar-refractivity contribution in [2.45, 2.75) is 26.7 Å². The maximum Gasteiger partial charge on any atom is 0.360 e. The Morgan fingerprint density at radius 3 is 2.65 bits per heavy atom. The molecule has 126 valence electrons. The van der Waals surface area contributed by atoms with Gasteiger partial charge < -0.3 is 15.0 Å². The van der Waals surface area contributed by atoms with Gasteiger partial charge in [0.1, 0.15) is 0 Å². The molecule has 2 rings (SSSR count). The summed E-state index contributed by atoms with van der Waals surface area (Å²) in [5.74, 6) is -1.14. The van der Waals surface area contributed by atoms with Crippen molar-refractivity contribution >= 4 is 23.5 Å². The molecule has 1 atom stereocenters. The number of ether oxygens (including phenoxy) is 1. The third-order valence-corrected chi connectivity index (χ3v) is 4.20. The Hall–Kier alpha value is -2.38. The van der Waals surface area contributed by atoms with Gasteiger partial charge in [-0.25, -0.2) is 4.79 Å². The molecule has 1 aliphatic rings. The number of methoxy groups -OCH3 is 1. The first-order valence-electron chi connectivity index (χ1n) is 7.53. The van der Waals surface area contributed by atoms with E-state index in [9.17, 15) is 14.4 Å². The lowest BCUT2D eigenvalue weighted by molar-refractivity contribution is -0.132. The summed E-state index contributed by atoms with van der Waals surface area (Å²) in [6, 6.07) is 0. The normalized spacial score (nSPS) is 17.7. The zero-order valence-electron chi connectivity index (χ0n) is 13.9. The average molecular weight is 322 g/mol. The molecule has 1 aliphatic heterocycles. The number of hydrogen-bond acceptors (Lipinski definition) is 5. The Kier molecular flexibility index (Phi) is 5.02. The van der Waals surface area contributed by atoms with Crippen molar-refractivity contribution in [1.29, 1.82) is 0 Å². The Morgan fingerprint density at radius 2 is 2.04 bits per heavy atom. The predicted molar refractivity (Wildman–Crippen MR) is 82.9 cm³/mol. The second-order valence-corrected chi connectivity index (χ2v) is 5.72. The first-order chi connectivity index (χ1) is 10.8.